The zero-order chi connectivity index (χ0) is 15.5. The van der Waals surface area contributed by atoms with Crippen molar-refractivity contribution in [3.05, 3.63) is 29.8 Å². The van der Waals surface area contributed by atoms with Crippen LogP contribution in [0.15, 0.2) is 29.2 Å². The Morgan fingerprint density at radius 1 is 1.38 bits per heavy atom. The first-order chi connectivity index (χ1) is 9.98. The van der Waals surface area contributed by atoms with Crippen LogP contribution in [-0.2, 0) is 14.8 Å². The van der Waals surface area contributed by atoms with E-state index in [0.29, 0.717) is 24.6 Å². The van der Waals surface area contributed by atoms with Gasteiger partial charge in [-0.3, -0.25) is 0 Å². The van der Waals surface area contributed by atoms with E-state index in [4.69, 9.17) is 0 Å². The average molecular weight is 312 g/mol. The molecule has 0 aliphatic carbocycles. The molecule has 1 aliphatic heterocycles. The minimum absolute atomic E-state index is 0.209. The molecule has 1 aliphatic rings. The predicted molar refractivity (Wildman–Crippen MR) is 78.6 cm³/mol. The number of benzene rings is 1. The molecule has 0 bridgehead atoms. The first-order valence-corrected chi connectivity index (χ1v) is 8.26. The lowest BCUT2D eigenvalue weighted by molar-refractivity contribution is 0.0600. The van der Waals surface area contributed by atoms with Crippen LogP contribution in [0.2, 0.25) is 0 Å². The van der Waals surface area contributed by atoms with Crippen LogP contribution in [0.4, 0.5) is 0 Å². The maximum atomic E-state index is 12.5. The summed E-state index contributed by atoms with van der Waals surface area (Å²) in [5.74, 6) is -0.131. The Balaban J connectivity index is 2.15. The fourth-order valence-corrected chi connectivity index (χ4v) is 4.03. The third-order valence-electron chi connectivity index (χ3n) is 3.65. The lowest BCUT2D eigenvalue weighted by atomic mass is 10.1. The quantitative estimate of drug-likeness (QED) is 0.810. The Bertz CT molecular complexity index is 598. The Labute approximate surface area is 125 Å². The molecule has 1 atom stereocenters. The maximum absolute atomic E-state index is 12.5. The molecule has 1 fully saturated rings. The smallest absolute Gasteiger partial charge is 0.337 e. The number of carbonyl (C=O) groups is 1. The molecule has 0 aromatic heterocycles. The largest absolute Gasteiger partial charge is 0.465 e. The van der Waals surface area contributed by atoms with Gasteiger partial charge in [0.2, 0.25) is 10.0 Å². The summed E-state index contributed by atoms with van der Waals surface area (Å²) >= 11 is 0. The number of sulfonamides is 1. The number of nitrogens with zero attached hydrogens (tertiary/aromatic N) is 1. The molecular formula is C14H20N2O4S. The molecule has 7 heteroatoms. The highest BCUT2D eigenvalue weighted by Gasteiger charge is 2.32. The van der Waals surface area contributed by atoms with E-state index in [-0.39, 0.29) is 4.90 Å². The number of esters is 1. The van der Waals surface area contributed by atoms with Crippen molar-refractivity contribution in [3.63, 3.8) is 0 Å². The van der Waals surface area contributed by atoms with Gasteiger partial charge in [-0.1, -0.05) is 0 Å². The van der Waals surface area contributed by atoms with Crippen molar-refractivity contribution in [2.45, 2.75) is 11.3 Å². The summed E-state index contributed by atoms with van der Waals surface area (Å²) in [6.07, 6.45) is 0.861. The van der Waals surface area contributed by atoms with Crippen LogP contribution in [0.25, 0.3) is 0 Å². The number of methoxy groups -OCH3 is 1. The Kier molecular flexibility index (Phi) is 4.97. The minimum atomic E-state index is -3.49. The molecule has 1 heterocycles. The molecule has 6 nitrogen and oxygen atoms in total. The monoisotopic (exact) mass is 312 g/mol. The van der Waals surface area contributed by atoms with E-state index in [0.717, 1.165) is 13.0 Å². The topological polar surface area (TPSA) is 75.7 Å². The van der Waals surface area contributed by atoms with Crippen molar-refractivity contribution < 1.29 is 17.9 Å². The fourth-order valence-electron chi connectivity index (χ4n) is 2.50. The third kappa shape index (κ3) is 3.42. The van der Waals surface area contributed by atoms with Crippen LogP contribution in [0, 0.1) is 5.92 Å². The summed E-state index contributed by atoms with van der Waals surface area (Å²) in [5, 5.41) is 3.07. The summed E-state index contributed by atoms with van der Waals surface area (Å²) < 4.78 is 31.1. The molecule has 0 radical (unpaired) electrons. The van der Waals surface area contributed by atoms with Crippen LogP contribution < -0.4 is 5.32 Å². The van der Waals surface area contributed by atoms with E-state index >= 15 is 0 Å². The Hall–Kier alpha value is -1.44. The van der Waals surface area contributed by atoms with Crippen molar-refractivity contribution in [2.75, 3.05) is 33.8 Å². The Morgan fingerprint density at radius 3 is 2.62 bits per heavy atom. The van der Waals surface area contributed by atoms with Gasteiger partial charge in [-0.2, -0.15) is 4.31 Å². The molecule has 1 aromatic carbocycles. The van der Waals surface area contributed by atoms with Crippen LogP contribution in [0.5, 0.6) is 0 Å². The molecule has 0 amide bonds. The van der Waals surface area contributed by atoms with Crippen molar-refractivity contribution in [1.29, 1.82) is 0 Å². The first kappa shape index (κ1) is 15.9. The summed E-state index contributed by atoms with van der Waals surface area (Å²) in [7, 11) is -0.331. The van der Waals surface area contributed by atoms with E-state index in [1.54, 1.807) is 0 Å². The fraction of sp³-hybridized carbons (Fsp3) is 0.500. The van der Waals surface area contributed by atoms with Gasteiger partial charge < -0.3 is 10.1 Å². The summed E-state index contributed by atoms with van der Waals surface area (Å²) in [6, 6.07) is 5.85. The summed E-state index contributed by atoms with van der Waals surface area (Å²) in [6.45, 7) is 1.88. The van der Waals surface area contributed by atoms with Gasteiger partial charge in [0, 0.05) is 13.1 Å². The predicted octanol–water partition coefficient (Wildman–Crippen LogP) is 0.703. The molecule has 0 spiro atoms. The van der Waals surface area contributed by atoms with Gasteiger partial charge in [-0.25, -0.2) is 13.2 Å². The van der Waals surface area contributed by atoms with Gasteiger partial charge in [0.1, 0.15) is 0 Å². The average Bonchev–Trinajstić information content (AvgIpc) is 2.96. The number of hydrogen-bond acceptors (Lipinski definition) is 5. The molecule has 2 rings (SSSR count). The highest BCUT2D eigenvalue weighted by Crippen LogP contribution is 2.24. The van der Waals surface area contributed by atoms with E-state index in [9.17, 15) is 13.2 Å². The summed E-state index contributed by atoms with van der Waals surface area (Å²) in [4.78, 5) is 11.6. The van der Waals surface area contributed by atoms with Gasteiger partial charge in [0.25, 0.3) is 0 Å². The number of rotatable bonds is 5. The van der Waals surface area contributed by atoms with Crippen molar-refractivity contribution in [2.24, 2.45) is 5.92 Å². The first-order valence-electron chi connectivity index (χ1n) is 6.82. The van der Waals surface area contributed by atoms with E-state index in [1.165, 1.54) is 35.7 Å². The van der Waals surface area contributed by atoms with Crippen LogP contribution >= 0.6 is 0 Å². The molecule has 116 valence electrons. The molecule has 1 N–H and O–H groups in total. The van der Waals surface area contributed by atoms with Gasteiger partial charge in [0.05, 0.1) is 17.6 Å². The van der Waals surface area contributed by atoms with Crippen LogP contribution in [-0.4, -0.2) is 52.5 Å². The minimum Gasteiger partial charge on any atom is -0.465 e. The van der Waals surface area contributed by atoms with Crippen LogP contribution in [0.3, 0.4) is 0 Å². The SMILES string of the molecule is CNCC1CCN(S(=O)(=O)c2ccc(C(=O)OC)cc2)C1. The normalized spacial score (nSPS) is 19.6. The highest BCUT2D eigenvalue weighted by molar-refractivity contribution is 7.89. The van der Waals surface area contributed by atoms with Crippen molar-refractivity contribution in [1.82, 2.24) is 9.62 Å². The van der Waals surface area contributed by atoms with E-state index in [1.807, 2.05) is 7.05 Å². The van der Waals surface area contributed by atoms with Crippen molar-refractivity contribution >= 4 is 16.0 Å². The second-order valence-electron chi connectivity index (χ2n) is 5.09. The van der Waals surface area contributed by atoms with E-state index in [2.05, 4.69) is 10.1 Å². The third-order valence-corrected chi connectivity index (χ3v) is 5.53. The summed E-state index contributed by atoms with van der Waals surface area (Å²) in [5.41, 5.74) is 0.339. The standard InChI is InChI=1S/C14H20N2O4S/c1-15-9-11-7-8-16(10-11)21(18,19)13-5-3-12(4-6-13)14(17)20-2/h3-6,11,15H,7-10H2,1-2H3. The molecule has 1 saturated heterocycles. The number of hydrogen-bond donors (Lipinski definition) is 1. The van der Waals surface area contributed by atoms with Gasteiger partial charge in [-0.15, -0.1) is 0 Å². The molecule has 0 saturated carbocycles. The van der Waals surface area contributed by atoms with Gasteiger partial charge in [-0.05, 0) is 50.2 Å². The van der Waals surface area contributed by atoms with Gasteiger partial charge >= 0.3 is 5.97 Å². The Morgan fingerprint density at radius 2 is 2.05 bits per heavy atom. The highest BCUT2D eigenvalue weighted by atomic mass is 32.2. The number of carbonyl (C=O) groups excluding carboxylic acids is 1. The number of nitrogens with one attached hydrogen (secondary N) is 1. The zero-order valence-electron chi connectivity index (χ0n) is 12.2. The van der Waals surface area contributed by atoms with E-state index < -0.39 is 16.0 Å². The van der Waals surface area contributed by atoms with Gasteiger partial charge in [0.15, 0.2) is 0 Å². The lowest BCUT2D eigenvalue weighted by Crippen LogP contribution is -2.30. The van der Waals surface area contributed by atoms with Crippen molar-refractivity contribution in [3.8, 4) is 0 Å². The molecule has 1 aromatic rings. The lowest BCUT2D eigenvalue weighted by Gasteiger charge is -2.16. The number of ether oxygens (including phenoxy) is 1. The molecular weight excluding hydrogens is 292 g/mol. The van der Waals surface area contributed by atoms with Crippen LogP contribution in [0.1, 0.15) is 16.8 Å². The maximum Gasteiger partial charge on any atom is 0.337 e. The molecule has 21 heavy (non-hydrogen) atoms. The second kappa shape index (κ2) is 6.55. The zero-order valence-corrected chi connectivity index (χ0v) is 13.0. The second-order valence-corrected chi connectivity index (χ2v) is 7.03. The molecule has 1 unspecified atom stereocenters.